The second kappa shape index (κ2) is 17.0. The molecule has 0 saturated carbocycles. The van der Waals surface area contributed by atoms with Crippen LogP contribution in [-0.4, -0.2) is 0 Å². The molecule has 1 nitrogen and oxygen atoms in total. The SMILES string of the molecule is C/C=C1\C(=C/C)c2ccc(N(c3ccc(-c4ccccc4)cc3)c3ccc(-c4ccc5c6ccc(-c7ccc8sc9ccccc9c8c7)cc6c6ccccc6c5c4)cc3)cc2C1(C)C.CC. The Morgan fingerprint density at radius 3 is 1.42 bits per heavy atom. The number of fused-ring (bicyclic) bond motifs is 10. The third kappa shape index (κ3) is 7.07. The van der Waals surface area contributed by atoms with Crippen molar-refractivity contribution in [1.82, 2.24) is 0 Å². The van der Waals surface area contributed by atoms with Crippen LogP contribution in [0.3, 0.4) is 0 Å². The van der Waals surface area contributed by atoms with Gasteiger partial charge in [0.2, 0.25) is 0 Å². The number of anilines is 3. The van der Waals surface area contributed by atoms with Crippen molar-refractivity contribution in [2.45, 2.75) is 47.0 Å². The predicted octanol–water partition coefficient (Wildman–Crippen LogP) is 19.7. The molecule has 1 aliphatic carbocycles. The summed E-state index contributed by atoms with van der Waals surface area (Å²) in [5.74, 6) is 0. The molecule has 10 aromatic carbocycles. The van der Waals surface area contributed by atoms with Gasteiger partial charge in [0.05, 0.1) is 0 Å². The Hall–Kier alpha value is -7.52. The second-order valence-corrected chi connectivity index (χ2v) is 19.0. The summed E-state index contributed by atoms with van der Waals surface area (Å²) in [5.41, 5.74) is 16.0. The van der Waals surface area contributed by atoms with E-state index in [1.165, 1.54) is 108 Å². The molecule has 12 rings (SSSR count). The topological polar surface area (TPSA) is 3.24 Å². The summed E-state index contributed by atoms with van der Waals surface area (Å²) in [7, 11) is 0. The molecule has 0 amide bonds. The van der Waals surface area contributed by atoms with Crippen molar-refractivity contribution < 1.29 is 0 Å². The zero-order valence-corrected chi connectivity index (χ0v) is 39.9. The maximum atomic E-state index is 2.42. The van der Waals surface area contributed by atoms with Gasteiger partial charge < -0.3 is 4.90 Å². The van der Waals surface area contributed by atoms with E-state index < -0.39 is 0 Å². The molecule has 0 fully saturated rings. The van der Waals surface area contributed by atoms with Gasteiger partial charge in [0.1, 0.15) is 0 Å². The highest BCUT2D eigenvalue weighted by molar-refractivity contribution is 7.25. The monoisotopic (exact) mass is 879 g/mol. The maximum absolute atomic E-state index is 2.42. The van der Waals surface area contributed by atoms with Crippen molar-refractivity contribution in [3.8, 4) is 33.4 Å². The third-order valence-corrected chi connectivity index (χ3v) is 15.2. The fourth-order valence-corrected chi connectivity index (χ4v) is 11.9. The average Bonchev–Trinajstić information content (AvgIpc) is 3.87. The van der Waals surface area contributed by atoms with Crippen molar-refractivity contribution in [3.05, 3.63) is 229 Å². The van der Waals surface area contributed by atoms with E-state index in [2.05, 4.69) is 245 Å². The fraction of sp³-hybridized carbons (Fsp3) is 0.108. The van der Waals surface area contributed by atoms with Crippen LogP contribution < -0.4 is 4.90 Å². The second-order valence-electron chi connectivity index (χ2n) is 17.9. The molecule has 324 valence electrons. The lowest BCUT2D eigenvalue weighted by Gasteiger charge is -2.28. The lowest BCUT2D eigenvalue weighted by molar-refractivity contribution is 0.659. The van der Waals surface area contributed by atoms with E-state index in [9.17, 15) is 0 Å². The largest absolute Gasteiger partial charge is 0.310 e. The van der Waals surface area contributed by atoms with Crippen molar-refractivity contribution >= 4 is 86.5 Å². The van der Waals surface area contributed by atoms with Gasteiger partial charge in [-0.05, 0) is 169 Å². The Morgan fingerprint density at radius 2 is 0.821 bits per heavy atom. The summed E-state index contributed by atoms with van der Waals surface area (Å²) in [4.78, 5) is 2.41. The highest BCUT2D eigenvalue weighted by atomic mass is 32.1. The molecule has 0 aliphatic heterocycles. The molecule has 0 atom stereocenters. The van der Waals surface area contributed by atoms with Crippen molar-refractivity contribution in [1.29, 1.82) is 0 Å². The molecular weight excluding hydrogens is 827 g/mol. The zero-order chi connectivity index (χ0) is 45.8. The number of allylic oxidation sites excluding steroid dienone is 4. The molecule has 1 aliphatic rings. The highest BCUT2D eigenvalue weighted by Crippen LogP contribution is 2.52. The van der Waals surface area contributed by atoms with E-state index in [-0.39, 0.29) is 5.41 Å². The highest BCUT2D eigenvalue weighted by Gasteiger charge is 2.38. The first kappa shape index (κ1) is 42.1. The minimum Gasteiger partial charge on any atom is -0.310 e. The molecule has 0 bridgehead atoms. The van der Waals surface area contributed by atoms with Crippen LogP contribution >= 0.6 is 11.3 Å². The van der Waals surface area contributed by atoms with Crippen LogP contribution in [0, 0.1) is 0 Å². The molecule has 0 N–H and O–H groups in total. The van der Waals surface area contributed by atoms with E-state index in [4.69, 9.17) is 0 Å². The summed E-state index contributed by atoms with van der Waals surface area (Å²) in [6, 6.07) is 74.5. The van der Waals surface area contributed by atoms with Crippen LogP contribution in [0.2, 0.25) is 0 Å². The Labute approximate surface area is 398 Å². The van der Waals surface area contributed by atoms with Crippen LogP contribution in [0.15, 0.2) is 218 Å². The quantitative estimate of drug-likeness (QED) is 0.150. The number of benzene rings is 10. The molecule has 1 heterocycles. The number of hydrogen-bond acceptors (Lipinski definition) is 2. The van der Waals surface area contributed by atoms with E-state index in [0.717, 1.165) is 17.1 Å². The molecular formula is C65H53NS. The van der Waals surface area contributed by atoms with Gasteiger partial charge in [-0.2, -0.15) is 0 Å². The standard InChI is InChI=1S/C63H47NS.C2H6/c1-5-49-54-34-31-48(39-60(54)63(3,4)59(49)6-2)64(46-27-20-41(21-28-46)40-14-8-7-9-15-40)47-29-22-42(23-30-47)43-24-32-52-53-33-25-44(37-57(53)51-17-11-10-16-50(51)56(52)36-43)45-26-35-62-58(38-45)55-18-12-13-19-61(55)65-62;1-2/h5-39H,1-4H3;1-2H3/b49-5-,59-6+;. The molecule has 0 radical (unpaired) electrons. The first-order chi connectivity index (χ1) is 32.9. The Bertz CT molecular complexity index is 3710. The van der Waals surface area contributed by atoms with E-state index in [1.54, 1.807) is 0 Å². The van der Waals surface area contributed by atoms with Gasteiger partial charge in [0.15, 0.2) is 0 Å². The van der Waals surface area contributed by atoms with E-state index in [0.29, 0.717) is 0 Å². The normalized spacial score (nSPS) is 14.3. The number of rotatable bonds is 6. The molecule has 67 heavy (non-hydrogen) atoms. The Morgan fingerprint density at radius 1 is 0.373 bits per heavy atom. The predicted molar refractivity (Wildman–Crippen MR) is 295 cm³/mol. The molecule has 0 saturated heterocycles. The number of nitrogens with zero attached hydrogens (tertiary/aromatic N) is 1. The minimum atomic E-state index is -0.1000. The van der Waals surface area contributed by atoms with Crippen molar-refractivity contribution in [2.24, 2.45) is 0 Å². The first-order valence-electron chi connectivity index (χ1n) is 23.7. The van der Waals surface area contributed by atoms with Crippen molar-refractivity contribution in [3.63, 3.8) is 0 Å². The summed E-state index contributed by atoms with van der Waals surface area (Å²) in [6.07, 6.45) is 4.56. The zero-order valence-electron chi connectivity index (χ0n) is 39.1. The molecule has 11 aromatic rings. The van der Waals surface area contributed by atoms with Gasteiger partial charge in [0, 0.05) is 42.6 Å². The Balaban J connectivity index is 0.00000244. The molecule has 1 aromatic heterocycles. The minimum absolute atomic E-state index is 0.1000. The average molecular weight is 880 g/mol. The van der Waals surface area contributed by atoms with Gasteiger partial charge in [-0.3, -0.25) is 0 Å². The summed E-state index contributed by atoms with van der Waals surface area (Å²) in [5, 5.41) is 10.3. The van der Waals surface area contributed by atoms with Gasteiger partial charge in [0.25, 0.3) is 0 Å². The molecule has 0 unspecified atom stereocenters. The third-order valence-electron chi connectivity index (χ3n) is 14.0. The number of hydrogen-bond donors (Lipinski definition) is 0. The smallest absolute Gasteiger partial charge is 0.0465 e. The lowest BCUT2D eigenvalue weighted by Crippen LogP contribution is -2.16. The van der Waals surface area contributed by atoms with Gasteiger partial charge in [-0.25, -0.2) is 0 Å². The van der Waals surface area contributed by atoms with E-state index in [1.807, 2.05) is 25.2 Å². The summed E-state index contributed by atoms with van der Waals surface area (Å²) < 4.78 is 2.67. The van der Waals surface area contributed by atoms with Gasteiger partial charge >= 0.3 is 0 Å². The summed E-state index contributed by atoms with van der Waals surface area (Å²) >= 11 is 1.87. The van der Waals surface area contributed by atoms with Crippen LogP contribution in [0.1, 0.15) is 52.7 Å². The molecule has 0 spiro atoms. The fourth-order valence-electron chi connectivity index (χ4n) is 10.8. The molecule has 2 heteroatoms. The van der Waals surface area contributed by atoms with Crippen LogP contribution in [0.4, 0.5) is 17.1 Å². The Kier molecular flexibility index (Phi) is 10.7. The summed E-state index contributed by atoms with van der Waals surface area (Å²) in [6.45, 7) is 13.0. The maximum Gasteiger partial charge on any atom is 0.0465 e. The van der Waals surface area contributed by atoms with Crippen LogP contribution in [0.5, 0.6) is 0 Å². The van der Waals surface area contributed by atoms with Crippen molar-refractivity contribution in [2.75, 3.05) is 4.90 Å². The van der Waals surface area contributed by atoms with Gasteiger partial charge in [-0.15, -0.1) is 11.3 Å². The lowest BCUT2D eigenvalue weighted by atomic mass is 9.82. The number of thiophene rings is 1. The van der Waals surface area contributed by atoms with Crippen LogP contribution in [0.25, 0.3) is 91.4 Å². The van der Waals surface area contributed by atoms with Crippen LogP contribution in [-0.2, 0) is 5.41 Å². The van der Waals surface area contributed by atoms with E-state index >= 15 is 0 Å². The van der Waals surface area contributed by atoms with Gasteiger partial charge in [-0.1, -0.05) is 173 Å². The first-order valence-corrected chi connectivity index (χ1v) is 24.5.